The van der Waals surface area contributed by atoms with Crippen molar-refractivity contribution in [2.75, 3.05) is 23.0 Å². The van der Waals surface area contributed by atoms with Crippen LogP contribution in [0.25, 0.3) is 0 Å². The fourth-order valence-corrected chi connectivity index (χ4v) is 16.8. The molecule has 7 aliphatic heterocycles. The summed E-state index contributed by atoms with van der Waals surface area (Å²) >= 11 is 0. The number of H-pyrrole nitrogens is 1. The number of aromatic nitrogens is 10. The first-order valence-electron chi connectivity index (χ1n) is 37.6. The molecule has 12 heterocycles. The molecule has 2 saturated heterocycles. The Bertz CT molecular complexity index is 5220. The van der Waals surface area contributed by atoms with Crippen LogP contribution in [0, 0.1) is 23.3 Å². The third kappa shape index (κ3) is 22.5. The normalized spacial score (nSPS) is 21.5. The average molecular weight is 1770 g/mol. The number of nitrogens with one attached hydrogen (secondary N) is 3. The maximum absolute atomic E-state index is 14.7. The molecule has 5 N–H and O–H groups in total. The minimum absolute atomic E-state index is 0.0106. The molecule has 119 heavy (non-hydrogen) atoms. The average Bonchev–Trinajstić information content (AvgIpc) is 1.73. The molecule has 7 aliphatic rings. The number of amides is 3. The van der Waals surface area contributed by atoms with Crippen LogP contribution in [0.1, 0.15) is 182 Å². The van der Waals surface area contributed by atoms with Crippen LogP contribution in [0.5, 0.6) is 0 Å². The number of fused-ring (bicyclic) bond motifs is 5. The number of carbonyl (C=O) groups excluding carboxylic acids is 3. The number of hydrogen-bond acceptors (Lipinski definition) is 25. The van der Waals surface area contributed by atoms with E-state index in [1.165, 1.54) is 47.1 Å². The van der Waals surface area contributed by atoms with Crippen LogP contribution in [0.2, 0.25) is 0 Å². The summed E-state index contributed by atoms with van der Waals surface area (Å²) in [6, 6.07) is -0.0372. The number of carbonyl (C=O) groups is 3. The van der Waals surface area contributed by atoms with E-state index in [1.807, 2.05) is 20.8 Å². The van der Waals surface area contributed by atoms with Gasteiger partial charge in [0.15, 0.2) is 12.2 Å². The third-order valence-electron chi connectivity index (χ3n) is 19.5. The number of hydrogen-bond donors (Lipinski definition) is 4. The van der Waals surface area contributed by atoms with Crippen LogP contribution >= 0.6 is 0 Å². The Balaban J connectivity index is 0.000000166. The smallest absolute Gasteiger partial charge is 0.416 e. The molecule has 7 aromatic rings. The van der Waals surface area contributed by atoms with Gasteiger partial charge in [-0.15, -0.1) is 0 Å². The van der Waals surface area contributed by atoms with Crippen molar-refractivity contribution in [3.63, 3.8) is 0 Å². The van der Waals surface area contributed by atoms with Gasteiger partial charge in [0.1, 0.15) is 52.3 Å². The molecule has 658 valence electrons. The van der Waals surface area contributed by atoms with Crippen molar-refractivity contribution in [2.24, 2.45) is 5.73 Å². The van der Waals surface area contributed by atoms with Gasteiger partial charge in [0.05, 0.1) is 89.9 Å². The molecular formula is C72H95F10N17O16S4. The summed E-state index contributed by atoms with van der Waals surface area (Å²) in [5.74, 6) is -3.91. The van der Waals surface area contributed by atoms with Gasteiger partial charge in [0.2, 0.25) is 0 Å². The van der Waals surface area contributed by atoms with Gasteiger partial charge in [-0.3, -0.25) is 24.7 Å². The lowest BCUT2D eigenvalue weighted by Crippen LogP contribution is -2.59. The maximum Gasteiger partial charge on any atom is 0.416 e. The van der Waals surface area contributed by atoms with Gasteiger partial charge < -0.3 is 40.1 Å². The largest absolute Gasteiger partial charge is 0.444 e. The molecule has 2 fully saturated rings. The van der Waals surface area contributed by atoms with E-state index in [1.54, 1.807) is 72.7 Å². The predicted octanol–water partition coefficient (Wildman–Crippen LogP) is 9.17. The lowest BCUT2D eigenvalue weighted by atomic mass is 9.88. The molecule has 0 spiro atoms. The number of alkyl halides is 6. The van der Waals surface area contributed by atoms with Gasteiger partial charge in [-0.05, 0) is 139 Å². The maximum atomic E-state index is 14.7. The summed E-state index contributed by atoms with van der Waals surface area (Å²) in [5, 5.41) is 28.4. The van der Waals surface area contributed by atoms with Gasteiger partial charge in [-0.25, -0.2) is 65.6 Å². The Hall–Kier alpha value is -8.84. The number of nitrogens with two attached hydrogens (primary N) is 1. The van der Waals surface area contributed by atoms with Crippen molar-refractivity contribution in [3.05, 3.63) is 158 Å². The fourth-order valence-electron chi connectivity index (χ4n) is 13.7. The van der Waals surface area contributed by atoms with E-state index in [-0.39, 0.29) is 80.2 Å². The number of rotatable bonds is 13. The highest BCUT2D eigenvalue weighted by Gasteiger charge is 2.57. The molecule has 14 rings (SSSR count). The zero-order valence-corrected chi connectivity index (χ0v) is 70.4. The highest BCUT2D eigenvalue weighted by molar-refractivity contribution is 7.90. The van der Waals surface area contributed by atoms with E-state index in [0.717, 1.165) is 80.8 Å². The van der Waals surface area contributed by atoms with E-state index >= 15 is 0 Å². The van der Waals surface area contributed by atoms with Gasteiger partial charge in [-0.1, -0.05) is 0 Å². The second kappa shape index (κ2) is 35.3. The molecule has 0 saturated carbocycles. The molecule has 33 nitrogen and oxygen atoms in total. The first kappa shape index (κ1) is 92.4. The van der Waals surface area contributed by atoms with Gasteiger partial charge in [-0.2, -0.15) is 68.2 Å². The van der Waals surface area contributed by atoms with E-state index in [9.17, 15) is 92.0 Å². The minimum Gasteiger partial charge on any atom is -0.444 e. The molecule has 3 amide bonds. The number of nitrogens with zero attached hydrogens (tertiary/aromatic N) is 13. The summed E-state index contributed by atoms with van der Waals surface area (Å²) in [4.78, 5) is 42.3. The quantitative estimate of drug-likeness (QED) is 0.0617. The Morgan fingerprint density at radius 1 is 0.496 bits per heavy atom. The number of ether oxygens (including phenoxy) is 5. The van der Waals surface area contributed by atoms with Crippen LogP contribution in [0.15, 0.2) is 67.4 Å². The first-order chi connectivity index (χ1) is 55.1. The summed E-state index contributed by atoms with van der Waals surface area (Å²) in [7, 11) is -13.9. The third-order valence-corrected chi connectivity index (χ3v) is 25.4. The van der Waals surface area contributed by atoms with Crippen LogP contribution in [-0.2, 0) is 129 Å². The first-order valence-corrected chi connectivity index (χ1v) is 44.0. The molecule has 0 radical (unpaired) electrons. The fraction of sp³-hybridized carbons (Fsp3) is 0.583. The van der Waals surface area contributed by atoms with Crippen LogP contribution in [0.4, 0.5) is 58.3 Å². The van der Waals surface area contributed by atoms with Gasteiger partial charge in [0.25, 0.3) is 40.1 Å². The number of halogens is 10. The van der Waals surface area contributed by atoms with Crippen molar-refractivity contribution in [1.82, 2.24) is 77.2 Å². The van der Waals surface area contributed by atoms with E-state index in [4.69, 9.17) is 29.4 Å². The summed E-state index contributed by atoms with van der Waals surface area (Å²) in [6.07, 6.45) is -12.4. The standard InChI is InChI=1S/C24H29F5N4O5S.C19H21F5N4O3S.C12H19N3O4S.C10H15N3O2.C7H11N3O2S/c1-5-39(35,36)33-11-13-10-32(12-18(13)31-33)19-9-17(30-22(34)38-23(2,3)4)20(37-21(19)24(27,28)29)15-8-14(25)6-7-16(15)26;1-2-32(29,30)28-8-10-7-27(9-15(10)26-28)16-6-14(25)17(31-18(16)19(22,23)24)12-5-11(20)3-4-13(12)21;1-5-20(17,18)15-7-9-6-14(8-10(9)13-15)11(16)19-12(2,3)4;1-10(2,3)15-9(14)13-5-7-4-11-12-8(7)6-13;1-2-13(11,12)10-5-6-3-8-4-7(6)9-10/h6-8,11,17,19-21H,5,9-10,12H2,1-4H3,(H,30,34);3-5,8,14,16-18H,2,6-7,9,25H2,1H3;7H,5-6,8H2,1-4H3;4H,5-6H2,1-3H3,(H,11,12);5,8H,2-4H2,1H3/t17-,19+,20+,21-;14-,16+,17+,18-;;;/m00.../s1. The van der Waals surface area contributed by atoms with Crippen LogP contribution < -0.4 is 16.4 Å². The molecule has 2 aromatic carbocycles. The highest BCUT2D eigenvalue weighted by Crippen LogP contribution is 2.46. The summed E-state index contributed by atoms with van der Waals surface area (Å²) in [6.45, 7) is 24.8. The zero-order valence-electron chi connectivity index (χ0n) is 67.1. The monoisotopic (exact) mass is 1770 g/mol. The number of aromatic amines is 1. The molecule has 47 heteroatoms. The lowest BCUT2D eigenvalue weighted by Gasteiger charge is -2.45. The second-order valence-electron chi connectivity index (χ2n) is 31.8. The summed E-state index contributed by atoms with van der Waals surface area (Å²) in [5.41, 5.74) is 10.1. The predicted molar refractivity (Wildman–Crippen MR) is 405 cm³/mol. The zero-order chi connectivity index (χ0) is 88.0. The molecule has 0 bridgehead atoms. The Labute approximate surface area is 680 Å². The lowest BCUT2D eigenvalue weighted by molar-refractivity contribution is -0.270. The number of benzene rings is 2. The molecule has 0 aliphatic carbocycles. The molecule has 5 aromatic heterocycles. The van der Waals surface area contributed by atoms with Crippen molar-refractivity contribution in [1.29, 1.82) is 0 Å². The topological polar surface area (TPSA) is 397 Å². The Kier molecular flexibility index (Phi) is 27.4. The second-order valence-corrected chi connectivity index (χ2v) is 40.3. The Morgan fingerprint density at radius 2 is 0.882 bits per heavy atom. The molecule has 0 unspecified atom stereocenters. The van der Waals surface area contributed by atoms with Crippen molar-refractivity contribution in [3.8, 4) is 0 Å². The van der Waals surface area contributed by atoms with Crippen molar-refractivity contribution in [2.45, 2.75) is 246 Å². The van der Waals surface area contributed by atoms with E-state index in [0.29, 0.717) is 60.9 Å². The van der Waals surface area contributed by atoms with E-state index in [2.05, 4.69) is 41.2 Å². The molecule has 8 atom stereocenters. The van der Waals surface area contributed by atoms with Gasteiger partial charge in [0, 0.05) is 121 Å². The SMILES string of the molecule is CC(C)(C)OC(=O)N1Cc2cn[nH]c2C1.CCS(=O)(=O)n1cc2c(n1)CN(C(=O)OC(C)(C)C)C2.CCS(=O)(=O)n1cc2c(n1)CN([C@@H]1C[C@H](N)[C@@H](c3cc(F)ccc3F)O[C@@H]1C(F)(F)F)C2.CCS(=O)(=O)n1cc2c(n1)CN([C@@H]1C[C@H](NC(=O)OC(C)(C)C)[C@@H](c3cc(F)ccc3F)O[C@@H]1C(F)(F)F)C2.CCS(=O)(=O)n1cc2c(n1)CNC2. The van der Waals surface area contributed by atoms with Crippen molar-refractivity contribution < 1.29 is 116 Å². The van der Waals surface area contributed by atoms with E-state index < -0.39 is 159 Å². The van der Waals surface area contributed by atoms with Crippen molar-refractivity contribution >= 4 is 58.4 Å². The summed E-state index contributed by atoms with van der Waals surface area (Å²) < 4.78 is 266. The Morgan fingerprint density at radius 3 is 1.29 bits per heavy atom. The van der Waals surface area contributed by atoms with Gasteiger partial charge >= 0.3 is 30.6 Å². The van der Waals surface area contributed by atoms with Crippen LogP contribution in [-0.4, -0.2) is 207 Å². The number of alkyl carbamates (subject to hydrolysis) is 1. The molecular weight excluding hydrogens is 1680 g/mol. The van der Waals surface area contributed by atoms with Crippen LogP contribution in [0.3, 0.4) is 0 Å². The minimum atomic E-state index is -4.91. The highest BCUT2D eigenvalue weighted by atomic mass is 32.2.